The molecular formula is C7H10N2O. The van der Waals surface area contributed by atoms with Gasteiger partial charge in [-0.25, -0.2) is 5.43 Å². The van der Waals surface area contributed by atoms with Crippen LogP contribution < -0.4 is 10.9 Å². The molecule has 0 saturated carbocycles. The van der Waals surface area contributed by atoms with Gasteiger partial charge >= 0.3 is 0 Å². The molecule has 54 valence electrons. The Balaban J connectivity index is 2.81. The number of nitrogens with one attached hydrogen (secondary N) is 2. The molecule has 0 aliphatic heterocycles. The van der Waals surface area contributed by atoms with Crippen molar-refractivity contribution in [1.29, 1.82) is 0 Å². The van der Waals surface area contributed by atoms with Gasteiger partial charge in [0.15, 0.2) is 0 Å². The fraction of sp³-hybridized carbons (Fsp3) is 0.143. The topological polar surface area (TPSA) is 44.3 Å². The Morgan fingerprint density at radius 3 is 2.60 bits per heavy atom. The summed E-state index contributed by atoms with van der Waals surface area (Å²) in [6.45, 7) is 0. The molecule has 0 saturated heterocycles. The average Bonchev–Trinajstić information content (AvgIpc) is 1.94. The minimum absolute atomic E-state index is 0.247. The zero-order valence-electron chi connectivity index (χ0n) is 5.76. The Morgan fingerprint density at radius 1 is 1.30 bits per heavy atom. The number of aromatic hydroxyl groups is 1. The fourth-order valence-electron chi connectivity index (χ4n) is 0.714. The summed E-state index contributed by atoms with van der Waals surface area (Å²) in [6, 6.07) is 7.03. The molecule has 0 radical (unpaired) electrons. The Kier molecular flexibility index (Phi) is 2.12. The van der Waals surface area contributed by atoms with Crippen molar-refractivity contribution in [3.8, 4) is 5.75 Å². The monoisotopic (exact) mass is 138 g/mol. The molecule has 0 bridgehead atoms. The summed E-state index contributed by atoms with van der Waals surface area (Å²) in [6.07, 6.45) is 0. The second kappa shape index (κ2) is 3.08. The molecule has 0 aliphatic carbocycles. The highest BCUT2D eigenvalue weighted by Gasteiger charge is 1.93. The van der Waals surface area contributed by atoms with Crippen molar-refractivity contribution in [2.45, 2.75) is 0 Å². The second-order valence-electron chi connectivity index (χ2n) is 1.89. The highest BCUT2D eigenvalue weighted by Crippen LogP contribution is 2.19. The zero-order chi connectivity index (χ0) is 7.40. The van der Waals surface area contributed by atoms with E-state index in [-0.39, 0.29) is 5.75 Å². The SMILES string of the molecule is CNNc1ccccc1O. The van der Waals surface area contributed by atoms with E-state index < -0.39 is 0 Å². The number of hydrogen-bond donors (Lipinski definition) is 3. The highest BCUT2D eigenvalue weighted by molar-refractivity contribution is 5.54. The Hall–Kier alpha value is -1.22. The molecule has 10 heavy (non-hydrogen) atoms. The molecule has 0 aromatic heterocycles. The van der Waals surface area contributed by atoms with Crippen molar-refractivity contribution in [3.63, 3.8) is 0 Å². The molecule has 3 N–H and O–H groups in total. The number of para-hydroxylation sites is 2. The van der Waals surface area contributed by atoms with Gasteiger partial charge in [-0.3, -0.25) is 0 Å². The lowest BCUT2D eigenvalue weighted by molar-refractivity contribution is 0.476. The number of phenols is 1. The summed E-state index contributed by atoms with van der Waals surface area (Å²) >= 11 is 0. The third-order valence-corrected chi connectivity index (χ3v) is 1.16. The van der Waals surface area contributed by atoms with Crippen molar-refractivity contribution in [2.24, 2.45) is 0 Å². The van der Waals surface area contributed by atoms with E-state index in [9.17, 15) is 0 Å². The van der Waals surface area contributed by atoms with Crippen LogP contribution in [0.25, 0.3) is 0 Å². The van der Waals surface area contributed by atoms with Crippen LogP contribution in [0.1, 0.15) is 0 Å². The number of hydrazine groups is 1. The normalized spacial score (nSPS) is 9.30. The predicted octanol–water partition coefficient (Wildman–Crippen LogP) is 0.938. The third-order valence-electron chi connectivity index (χ3n) is 1.16. The molecular weight excluding hydrogens is 128 g/mol. The van der Waals surface area contributed by atoms with Crippen molar-refractivity contribution >= 4 is 5.69 Å². The molecule has 0 amide bonds. The quantitative estimate of drug-likeness (QED) is 0.421. The van der Waals surface area contributed by atoms with Gasteiger partial charge < -0.3 is 10.5 Å². The fourth-order valence-corrected chi connectivity index (χ4v) is 0.714. The van der Waals surface area contributed by atoms with Crippen molar-refractivity contribution < 1.29 is 5.11 Å². The van der Waals surface area contributed by atoms with Crippen LogP contribution in [0.4, 0.5) is 5.69 Å². The first-order valence-electron chi connectivity index (χ1n) is 3.05. The number of anilines is 1. The van der Waals surface area contributed by atoms with Gasteiger partial charge in [-0.1, -0.05) is 12.1 Å². The maximum atomic E-state index is 9.14. The van der Waals surface area contributed by atoms with Crippen molar-refractivity contribution in [1.82, 2.24) is 5.43 Å². The zero-order valence-corrected chi connectivity index (χ0v) is 5.76. The van der Waals surface area contributed by atoms with E-state index in [0.717, 1.165) is 0 Å². The van der Waals surface area contributed by atoms with Crippen LogP contribution in [0.2, 0.25) is 0 Å². The molecule has 1 aromatic rings. The minimum atomic E-state index is 0.247. The maximum absolute atomic E-state index is 9.14. The largest absolute Gasteiger partial charge is 0.506 e. The number of rotatable bonds is 2. The van der Waals surface area contributed by atoms with Gasteiger partial charge in [0.2, 0.25) is 0 Å². The summed E-state index contributed by atoms with van der Waals surface area (Å²) in [4.78, 5) is 0. The van der Waals surface area contributed by atoms with Crippen LogP contribution in [-0.4, -0.2) is 12.2 Å². The molecule has 0 spiro atoms. The molecule has 0 unspecified atom stereocenters. The van der Waals surface area contributed by atoms with E-state index in [0.29, 0.717) is 5.69 Å². The summed E-state index contributed by atoms with van der Waals surface area (Å²) in [7, 11) is 1.74. The first-order chi connectivity index (χ1) is 4.84. The number of phenolic OH excluding ortho intramolecular Hbond substituents is 1. The predicted molar refractivity (Wildman–Crippen MR) is 40.8 cm³/mol. The lowest BCUT2D eigenvalue weighted by Crippen LogP contribution is -2.14. The van der Waals surface area contributed by atoms with Gasteiger partial charge in [0.1, 0.15) is 5.75 Å². The molecule has 0 atom stereocenters. The summed E-state index contributed by atoms with van der Waals surface area (Å²) in [5, 5.41) is 9.14. The standard InChI is InChI=1S/C7H10N2O/c1-8-9-6-4-2-3-5-7(6)10/h2-5,8-10H,1H3. The summed E-state index contributed by atoms with van der Waals surface area (Å²) in [5.74, 6) is 0.247. The summed E-state index contributed by atoms with van der Waals surface area (Å²) < 4.78 is 0. The second-order valence-corrected chi connectivity index (χ2v) is 1.89. The van der Waals surface area contributed by atoms with E-state index in [1.54, 1.807) is 25.2 Å². The van der Waals surface area contributed by atoms with Gasteiger partial charge in [0.05, 0.1) is 5.69 Å². The van der Waals surface area contributed by atoms with Gasteiger partial charge in [-0.05, 0) is 12.1 Å². The number of benzene rings is 1. The van der Waals surface area contributed by atoms with Crippen LogP contribution in [0.3, 0.4) is 0 Å². The van der Waals surface area contributed by atoms with E-state index in [4.69, 9.17) is 5.11 Å². The Bertz CT molecular complexity index is 213. The third kappa shape index (κ3) is 1.39. The molecule has 0 aliphatic rings. The van der Waals surface area contributed by atoms with Crippen LogP contribution >= 0.6 is 0 Å². The smallest absolute Gasteiger partial charge is 0.139 e. The molecule has 0 heterocycles. The Morgan fingerprint density at radius 2 is 2.00 bits per heavy atom. The average molecular weight is 138 g/mol. The van der Waals surface area contributed by atoms with E-state index in [1.807, 2.05) is 6.07 Å². The van der Waals surface area contributed by atoms with Gasteiger partial charge in [0.25, 0.3) is 0 Å². The van der Waals surface area contributed by atoms with E-state index >= 15 is 0 Å². The number of hydrogen-bond acceptors (Lipinski definition) is 3. The lowest BCUT2D eigenvalue weighted by atomic mass is 10.3. The maximum Gasteiger partial charge on any atom is 0.139 e. The van der Waals surface area contributed by atoms with E-state index in [1.165, 1.54) is 0 Å². The summed E-state index contributed by atoms with van der Waals surface area (Å²) in [5.41, 5.74) is 6.18. The lowest BCUT2D eigenvalue weighted by Gasteiger charge is -2.04. The van der Waals surface area contributed by atoms with Gasteiger partial charge in [0, 0.05) is 7.05 Å². The van der Waals surface area contributed by atoms with Crippen LogP contribution in [0.15, 0.2) is 24.3 Å². The Labute approximate surface area is 59.7 Å². The van der Waals surface area contributed by atoms with Gasteiger partial charge in [-0.2, -0.15) is 0 Å². The van der Waals surface area contributed by atoms with Crippen LogP contribution in [0, 0.1) is 0 Å². The highest BCUT2D eigenvalue weighted by atomic mass is 16.3. The van der Waals surface area contributed by atoms with Crippen molar-refractivity contribution in [2.75, 3.05) is 12.5 Å². The molecule has 0 fully saturated rings. The molecule has 3 nitrogen and oxygen atoms in total. The van der Waals surface area contributed by atoms with Gasteiger partial charge in [-0.15, -0.1) is 0 Å². The van der Waals surface area contributed by atoms with E-state index in [2.05, 4.69) is 10.9 Å². The van der Waals surface area contributed by atoms with Crippen molar-refractivity contribution in [3.05, 3.63) is 24.3 Å². The molecule has 1 rings (SSSR count). The molecule has 1 aromatic carbocycles. The minimum Gasteiger partial charge on any atom is -0.506 e. The first-order valence-corrected chi connectivity index (χ1v) is 3.05. The van der Waals surface area contributed by atoms with Crippen LogP contribution in [0.5, 0.6) is 5.75 Å². The van der Waals surface area contributed by atoms with Crippen LogP contribution in [-0.2, 0) is 0 Å². The first kappa shape index (κ1) is 6.89. The molecule has 3 heteroatoms.